The first-order valence-electron chi connectivity index (χ1n) is 6.87. The first-order valence-corrected chi connectivity index (χ1v) is 6.87. The van der Waals surface area contributed by atoms with Crippen LogP contribution in [0.1, 0.15) is 38.2 Å². The monoisotopic (exact) mass is 276 g/mol. The Kier molecular flexibility index (Phi) is 4.12. The predicted octanol–water partition coefficient (Wildman–Crippen LogP) is 2.80. The quantitative estimate of drug-likeness (QED) is 0.918. The SMILES string of the molecule is COc1cccc(C2(CC(=O)O)CC(C)CCC2=O)c1. The number of ether oxygens (including phenoxy) is 1. The van der Waals surface area contributed by atoms with Crippen molar-refractivity contribution < 1.29 is 19.4 Å². The van der Waals surface area contributed by atoms with Gasteiger partial charge in [-0.1, -0.05) is 19.1 Å². The van der Waals surface area contributed by atoms with E-state index in [1.807, 2.05) is 12.1 Å². The molecule has 1 fully saturated rings. The molecule has 1 aromatic carbocycles. The van der Waals surface area contributed by atoms with E-state index in [4.69, 9.17) is 4.74 Å². The lowest BCUT2D eigenvalue weighted by molar-refractivity contribution is -0.143. The molecule has 0 bridgehead atoms. The minimum absolute atomic E-state index is 0.0336. The molecule has 4 nitrogen and oxygen atoms in total. The fraction of sp³-hybridized carbons (Fsp3) is 0.500. The Morgan fingerprint density at radius 3 is 2.90 bits per heavy atom. The highest BCUT2D eigenvalue weighted by atomic mass is 16.5. The molecule has 1 aliphatic carbocycles. The number of ketones is 1. The number of rotatable bonds is 4. The van der Waals surface area contributed by atoms with Gasteiger partial charge in [-0.3, -0.25) is 9.59 Å². The van der Waals surface area contributed by atoms with Gasteiger partial charge in [-0.25, -0.2) is 0 Å². The lowest BCUT2D eigenvalue weighted by Gasteiger charge is -2.38. The maximum Gasteiger partial charge on any atom is 0.304 e. The highest BCUT2D eigenvalue weighted by molar-refractivity contribution is 5.94. The van der Waals surface area contributed by atoms with E-state index in [0.29, 0.717) is 24.5 Å². The first kappa shape index (κ1) is 14.6. The summed E-state index contributed by atoms with van der Waals surface area (Å²) in [5.74, 6) is 0.0954. The Morgan fingerprint density at radius 2 is 2.25 bits per heavy atom. The van der Waals surface area contributed by atoms with Crippen molar-refractivity contribution in [3.8, 4) is 5.75 Å². The summed E-state index contributed by atoms with van der Waals surface area (Å²) in [6.07, 6.45) is 1.73. The molecule has 0 amide bonds. The molecule has 0 saturated heterocycles. The van der Waals surface area contributed by atoms with Gasteiger partial charge in [-0.2, -0.15) is 0 Å². The molecule has 0 radical (unpaired) electrons. The first-order chi connectivity index (χ1) is 9.48. The van der Waals surface area contributed by atoms with Gasteiger partial charge in [-0.05, 0) is 36.5 Å². The van der Waals surface area contributed by atoms with Crippen LogP contribution in [0.5, 0.6) is 5.75 Å². The van der Waals surface area contributed by atoms with Crippen LogP contribution in [0.25, 0.3) is 0 Å². The van der Waals surface area contributed by atoms with Crippen LogP contribution in [-0.2, 0) is 15.0 Å². The number of carboxylic acids is 1. The van der Waals surface area contributed by atoms with Crippen LogP contribution in [0.4, 0.5) is 0 Å². The number of hydrogen-bond acceptors (Lipinski definition) is 3. The third-order valence-corrected chi connectivity index (χ3v) is 4.17. The van der Waals surface area contributed by atoms with Gasteiger partial charge >= 0.3 is 5.97 Å². The summed E-state index contributed by atoms with van der Waals surface area (Å²) >= 11 is 0. The van der Waals surface area contributed by atoms with E-state index >= 15 is 0 Å². The van der Waals surface area contributed by atoms with Crippen LogP contribution >= 0.6 is 0 Å². The van der Waals surface area contributed by atoms with Crippen LogP contribution < -0.4 is 4.74 Å². The highest BCUT2D eigenvalue weighted by Crippen LogP contribution is 2.43. The average Bonchev–Trinajstić information content (AvgIpc) is 2.42. The fourth-order valence-corrected chi connectivity index (χ4v) is 3.16. The Bertz CT molecular complexity index is 523. The standard InChI is InChI=1S/C16H20O4/c1-11-6-7-14(17)16(9-11,10-15(18)19)12-4-3-5-13(8-12)20-2/h3-5,8,11H,6-7,9-10H2,1-2H3,(H,18,19). The van der Waals surface area contributed by atoms with Gasteiger partial charge in [0.25, 0.3) is 0 Å². The summed E-state index contributed by atoms with van der Waals surface area (Å²) in [5, 5.41) is 9.24. The molecule has 0 aliphatic heterocycles. The van der Waals surface area contributed by atoms with Crippen LogP contribution in [0, 0.1) is 5.92 Å². The molecule has 2 rings (SSSR count). The van der Waals surface area contributed by atoms with Gasteiger partial charge < -0.3 is 9.84 Å². The molecule has 2 atom stereocenters. The van der Waals surface area contributed by atoms with Crippen molar-refractivity contribution >= 4 is 11.8 Å². The van der Waals surface area contributed by atoms with Crippen LogP contribution in [0.2, 0.25) is 0 Å². The summed E-state index contributed by atoms with van der Waals surface area (Å²) in [6, 6.07) is 7.24. The lowest BCUT2D eigenvalue weighted by atomic mass is 9.63. The van der Waals surface area contributed by atoms with Crippen LogP contribution in [-0.4, -0.2) is 24.0 Å². The van der Waals surface area contributed by atoms with E-state index in [1.165, 1.54) is 0 Å². The number of methoxy groups -OCH3 is 1. The minimum atomic E-state index is -0.935. The molecule has 20 heavy (non-hydrogen) atoms. The number of carbonyl (C=O) groups excluding carboxylic acids is 1. The van der Waals surface area contributed by atoms with E-state index < -0.39 is 11.4 Å². The van der Waals surface area contributed by atoms with Gasteiger partial charge in [0.15, 0.2) is 0 Å². The summed E-state index contributed by atoms with van der Waals surface area (Å²) in [6.45, 7) is 2.07. The molecule has 2 unspecified atom stereocenters. The zero-order chi connectivity index (χ0) is 14.8. The fourth-order valence-electron chi connectivity index (χ4n) is 3.16. The summed E-state index contributed by atoms with van der Waals surface area (Å²) in [7, 11) is 1.56. The van der Waals surface area contributed by atoms with Crippen molar-refractivity contribution in [3.05, 3.63) is 29.8 Å². The van der Waals surface area contributed by atoms with Crippen molar-refractivity contribution in [2.75, 3.05) is 7.11 Å². The average molecular weight is 276 g/mol. The maximum atomic E-state index is 12.5. The van der Waals surface area contributed by atoms with Crippen LogP contribution in [0.3, 0.4) is 0 Å². The Morgan fingerprint density at radius 1 is 1.50 bits per heavy atom. The molecule has 1 N–H and O–H groups in total. The number of carbonyl (C=O) groups is 2. The van der Waals surface area contributed by atoms with Crippen LogP contribution in [0.15, 0.2) is 24.3 Å². The second-order valence-electron chi connectivity index (χ2n) is 5.66. The third-order valence-electron chi connectivity index (χ3n) is 4.17. The molecule has 4 heteroatoms. The molecular formula is C16H20O4. The van der Waals surface area contributed by atoms with E-state index in [-0.39, 0.29) is 12.2 Å². The molecule has 0 spiro atoms. The Labute approximate surface area is 118 Å². The molecule has 0 heterocycles. The number of aliphatic carboxylic acids is 1. The molecule has 1 aliphatic rings. The van der Waals surface area contributed by atoms with Crippen molar-refractivity contribution in [3.63, 3.8) is 0 Å². The van der Waals surface area contributed by atoms with Gasteiger partial charge in [-0.15, -0.1) is 0 Å². The topological polar surface area (TPSA) is 63.6 Å². The molecule has 108 valence electrons. The number of hydrogen-bond donors (Lipinski definition) is 1. The highest BCUT2D eigenvalue weighted by Gasteiger charge is 2.45. The second-order valence-corrected chi connectivity index (χ2v) is 5.66. The van der Waals surface area contributed by atoms with E-state index in [2.05, 4.69) is 6.92 Å². The smallest absolute Gasteiger partial charge is 0.304 e. The zero-order valence-electron chi connectivity index (χ0n) is 11.9. The summed E-state index contributed by atoms with van der Waals surface area (Å²) in [5.41, 5.74) is -0.145. The normalized spacial score (nSPS) is 26.3. The zero-order valence-corrected chi connectivity index (χ0v) is 11.9. The van der Waals surface area contributed by atoms with Gasteiger partial charge in [0, 0.05) is 6.42 Å². The van der Waals surface area contributed by atoms with Gasteiger partial charge in [0.2, 0.25) is 0 Å². The third kappa shape index (κ3) is 2.69. The largest absolute Gasteiger partial charge is 0.497 e. The summed E-state index contributed by atoms with van der Waals surface area (Å²) < 4.78 is 5.20. The Balaban J connectivity index is 2.49. The molecule has 0 aromatic heterocycles. The van der Waals surface area contributed by atoms with E-state index in [0.717, 1.165) is 12.0 Å². The lowest BCUT2D eigenvalue weighted by Crippen LogP contribution is -2.43. The molecule has 1 aromatic rings. The number of benzene rings is 1. The second kappa shape index (κ2) is 5.65. The predicted molar refractivity (Wildman–Crippen MR) is 74.9 cm³/mol. The minimum Gasteiger partial charge on any atom is -0.497 e. The van der Waals surface area contributed by atoms with Gasteiger partial charge in [0.05, 0.1) is 18.9 Å². The maximum absolute atomic E-state index is 12.5. The number of Topliss-reactive ketones (excluding diaryl/α,β-unsaturated/α-hetero) is 1. The van der Waals surface area contributed by atoms with Crippen molar-refractivity contribution in [1.82, 2.24) is 0 Å². The number of carboxylic acid groups (broad SMARTS) is 1. The Hall–Kier alpha value is -1.84. The van der Waals surface area contributed by atoms with Gasteiger partial charge in [0.1, 0.15) is 11.5 Å². The molecule has 1 saturated carbocycles. The summed E-state index contributed by atoms with van der Waals surface area (Å²) in [4.78, 5) is 23.8. The van der Waals surface area contributed by atoms with E-state index in [9.17, 15) is 14.7 Å². The van der Waals surface area contributed by atoms with Crippen molar-refractivity contribution in [1.29, 1.82) is 0 Å². The van der Waals surface area contributed by atoms with Crippen molar-refractivity contribution in [2.24, 2.45) is 5.92 Å². The molecular weight excluding hydrogens is 256 g/mol. The van der Waals surface area contributed by atoms with Crippen molar-refractivity contribution in [2.45, 2.75) is 38.0 Å². The van der Waals surface area contributed by atoms with E-state index in [1.54, 1.807) is 19.2 Å².